The molecule has 0 fully saturated rings. The van der Waals surface area contributed by atoms with E-state index in [0.717, 1.165) is 16.9 Å². The number of fused-ring (bicyclic) bond motifs is 9. The van der Waals surface area contributed by atoms with Gasteiger partial charge in [-0.1, -0.05) is 127 Å². The maximum Gasteiger partial charge on any atom is 0.0787 e. The van der Waals surface area contributed by atoms with Gasteiger partial charge >= 0.3 is 0 Å². The molecule has 1 aliphatic rings. The summed E-state index contributed by atoms with van der Waals surface area (Å²) < 4.78 is 4.80. The molecule has 0 saturated carbocycles. The predicted molar refractivity (Wildman–Crippen MR) is 226 cm³/mol. The van der Waals surface area contributed by atoms with Gasteiger partial charge in [-0.3, -0.25) is 4.98 Å². The minimum atomic E-state index is 1.02. The first-order valence-electron chi connectivity index (χ1n) is 18.5. The first-order valence-corrected chi connectivity index (χ1v) is 18.5. The molecule has 3 heteroatoms. The predicted octanol–water partition coefficient (Wildman–Crippen LogP) is 13.4. The summed E-state index contributed by atoms with van der Waals surface area (Å²) in [4.78, 5) is 5.12. The molecule has 3 nitrogen and oxygen atoms in total. The zero-order valence-corrected chi connectivity index (χ0v) is 29.2. The molecular formula is C51H31N3. The second-order valence-corrected chi connectivity index (χ2v) is 14.4. The highest BCUT2D eigenvalue weighted by atomic mass is 15.0. The van der Waals surface area contributed by atoms with E-state index in [1.165, 1.54) is 93.5 Å². The van der Waals surface area contributed by atoms with E-state index in [9.17, 15) is 0 Å². The summed E-state index contributed by atoms with van der Waals surface area (Å²) in [6.45, 7) is 0. The number of rotatable bonds is 4. The fourth-order valence-corrected chi connectivity index (χ4v) is 9.14. The summed E-state index contributed by atoms with van der Waals surface area (Å²) in [6, 6.07) is 66.3. The lowest BCUT2D eigenvalue weighted by Gasteiger charge is -2.13. The van der Waals surface area contributed by atoms with Gasteiger partial charge in [-0.05, 0) is 82.4 Å². The van der Waals surface area contributed by atoms with E-state index in [4.69, 9.17) is 4.98 Å². The summed E-state index contributed by atoms with van der Waals surface area (Å²) in [5.41, 5.74) is 16.7. The Bertz CT molecular complexity index is 3330. The molecule has 11 aromatic rings. The molecule has 12 rings (SSSR count). The van der Waals surface area contributed by atoms with Crippen LogP contribution in [-0.4, -0.2) is 14.1 Å². The van der Waals surface area contributed by atoms with Gasteiger partial charge in [-0.25, -0.2) is 0 Å². The molecule has 0 atom stereocenters. The molecule has 0 unspecified atom stereocenters. The highest BCUT2D eigenvalue weighted by molar-refractivity contribution is 6.18. The van der Waals surface area contributed by atoms with Gasteiger partial charge in [0.25, 0.3) is 0 Å². The summed E-state index contributed by atoms with van der Waals surface area (Å²) >= 11 is 0. The third-order valence-electron chi connectivity index (χ3n) is 11.5. The number of aromatic nitrogens is 3. The van der Waals surface area contributed by atoms with Crippen molar-refractivity contribution in [1.29, 1.82) is 0 Å². The van der Waals surface area contributed by atoms with Crippen LogP contribution in [0.2, 0.25) is 0 Å². The largest absolute Gasteiger partial charge is 0.309 e. The standard InChI is InChI=1S/C51H31N3/c1-2-14-36(15-3-1)53-45-22-8-6-18-39(45)41-26-24-33(30-48(41)53)32-25-27-47-44(29-32)40-19-7-9-23-46(40)54(47)37-16-10-12-34(28-37)51-50-43-20-5-4-17-38(43)42-21-11-13-35(31-52-51)49(42)50/h1-31H. The van der Waals surface area contributed by atoms with E-state index in [-0.39, 0.29) is 0 Å². The first kappa shape index (κ1) is 29.4. The summed E-state index contributed by atoms with van der Waals surface area (Å²) in [7, 11) is 0. The summed E-state index contributed by atoms with van der Waals surface area (Å²) in [5, 5.41) is 7.47. The van der Waals surface area contributed by atoms with Gasteiger partial charge in [0.2, 0.25) is 0 Å². The number of hydrogen-bond acceptors (Lipinski definition) is 1. The second kappa shape index (κ2) is 11.1. The van der Waals surface area contributed by atoms with Crippen molar-refractivity contribution in [2.24, 2.45) is 0 Å². The molecule has 54 heavy (non-hydrogen) atoms. The Hall–Kier alpha value is -7.23. The van der Waals surface area contributed by atoms with Crippen molar-refractivity contribution in [2.75, 3.05) is 0 Å². The second-order valence-electron chi connectivity index (χ2n) is 14.4. The molecule has 0 spiro atoms. The van der Waals surface area contributed by atoms with Crippen LogP contribution in [0.1, 0.15) is 0 Å². The fraction of sp³-hybridized carbons (Fsp3) is 0. The van der Waals surface area contributed by atoms with Gasteiger partial charge in [0.15, 0.2) is 0 Å². The zero-order valence-electron chi connectivity index (χ0n) is 29.2. The van der Waals surface area contributed by atoms with Crippen molar-refractivity contribution in [3.63, 3.8) is 0 Å². The monoisotopic (exact) mass is 685 g/mol. The van der Waals surface area contributed by atoms with E-state index in [1.807, 2.05) is 6.20 Å². The lowest BCUT2D eigenvalue weighted by atomic mass is 9.98. The SMILES string of the molecule is c1ccc(-n2c3ccccc3c3ccc(-c4ccc5c(c4)c4ccccc4n5-c4cccc(-c5ncc6cccc7c6c5-c5ccccc5-7)c4)cc32)cc1. The first-order chi connectivity index (χ1) is 26.8. The lowest BCUT2D eigenvalue weighted by Crippen LogP contribution is -1.96. The molecule has 3 heterocycles. The number of hydrogen-bond donors (Lipinski definition) is 0. The van der Waals surface area contributed by atoms with Crippen molar-refractivity contribution < 1.29 is 0 Å². The molecule has 0 aliphatic heterocycles. The maximum absolute atomic E-state index is 5.12. The van der Waals surface area contributed by atoms with Gasteiger partial charge in [0.05, 0.1) is 27.8 Å². The third-order valence-corrected chi connectivity index (χ3v) is 11.5. The summed E-state index contributed by atoms with van der Waals surface area (Å²) in [6.07, 6.45) is 2.04. The van der Waals surface area contributed by atoms with Crippen LogP contribution in [0, 0.1) is 0 Å². The topological polar surface area (TPSA) is 22.8 Å². The van der Waals surface area contributed by atoms with Gasteiger partial charge in [-0.2, -0.15) is 0 Å². The van der Waals surface area contributed by atoms with Crippen LogP contribution < -0.4 is 0 Å². The number of nitrogens with zero attached hydrogens (tertiary/aromatic N) is 3. The minimum absolute atomic E-state index is 1.02. The van der Waals surface area contributed by atoms with Gasteiger partial charge < -0.3 is 9.13 Å². The number of para-hydroxylation sites is 3. The Kier molecular flexibility index (Phi) is 6.05. The van der Waals surface area contributed by atoms with E-state index in [2.05, 4.69) is 191 Å². The van der Waals surface area contributed by atoms with Crippen LogP contribution in [-0.2, 0) is 0 Å². The van der Waals surface area contributed by atoms with Gasteiger partial charge in [0.1, 0.15) is 0 Å². The fourth-order valence-electron chi connectivity index (χ4n) is 9.14. The zero-order chi connectivity index (χ0) is 35.3. The van der Waals surface area contributed by atoms with E-state index in [1.54, 1.807) is 0 Å². The quantitative estimate of drug-likeness (QED) is 0.181. The Labute approximate surface area is 311 Å². The number of benzene rings is 8. The van der Waals surface area contributed by atoms with Crippen molar-refractivity contribution in [2.45, 2.75) is 0 Å². The third kappa shape index (κ3) is 4.09. The molecule has 8 aromatic carbocycles. The normalized spacial score (nSPS) is 12.1. The smallest absolute Gasteiger partial charge is 0.0787 e. The van der Waals surface area contributed by atoms with E-state index >= 15 is 0 Å². The van der Waals surface area contributed by atoms with Crippen LogP contribution in [0.25, 0.3) is 110 Å². The van der Waals surface area contributed by atoms with Gasteiger partial charge in [0, 0.05) is 61.0 Å². The average Bonchev–Trinajstić information content (AvgIpc) is 3.88. The molecule has 250 valence electrons. The molecule has 0 N–H and O–H groups in total. The lowest BCUT2D eigenvalue weighted by molar-refractivity contribution is 1.18. The number of pyridine rings is 1. The molecular weight excluding hydrogens is 655 g/mol. The van der Waals surface area contributed by atoms with Crippen LogP contribution in [0.5, 0.6) is 0 Å². The Morgan fingerprint density at radius 3 is 1.81 bits per heavy atom. The summed E-state index contributed by atoms with van der Waals surface area (Å²) in [5.74, 6) is 0. The van der Waals surface area contributed by atoms with E-state index in [0.29, 0.717) is 0 Å². The van der Waals surface area contributed by atoms with Crippen molar-refractivity contribution in [3.05, 3.63) is 188 Å². The van der Waals surface area contributed by atoms with Crippen molar-refractivity contribution >= 4 is 54.4 Å². The molecule has 0 radical (unpaired) electrons. The van der Waals surface area contributed by atoms with Crippen molar-refractivity contribution in [1.82, 2.24) is 14.1 Å². The van der Waals surface area contributed by atoms with Crippen molar-refractivity contribution in [3.8, 4) is 56.0 Å². The Balaban J connectivity index is 1.03. The highest BCUT2D eigenvalue weighted by Crippen LogP contribution is 2.50. The van der Waals surface area contributed by atoms with Crippen LogP contribution in [0.15, 0.2) is 188 Å². The van der Waals surface area contributed by atoms with Crippen LogP contribution >= 0.6 is 0 Å². The highest BCUT2D eigenvalue weighted by Gasteiger charge is 2.25. The molecule has 0 amide bonds. The van der Waals surface area contributed by atoms with Crippen LogP contribution in [0.4, 0.5) is 0 Å². The Morgan fingerprint density at radius 2 is 0.963 bits per heavy atom. The minimum Gasteiger partial charge on any atom is -0.309 e. The van der Waals surface area contributed by atoms with Crippen LogP contribution in [0.3, 0.4) is 0 Å². The Morgan fingerprint density at radius 1 is 0.352 bits per heavy atom. The van der Waals surface area contributed by atoms with E-state index < -0.39 is 0 Å². The molecule has 0 bridgehead atoms. The molecule has 1 aliphatic carbocycles. The maximum atomic E-state index is 5.12. The average molecular weight is 686 g/mol. The molecule has 0 saturated heterocycles. The molecule has 3 aromatic heterocycles. The van der Waals surface area contributed by atoms with Gasteiger partial charge in [-0.15, -0.1) is 0 Å².